The third kappa shape index (κ3) is 2.19. The van der Waals surface area contributed by atoms with E-state index in [-0.39, 0.29) is 4.75 Å². The predicted molar refractivity (Wildman–Crippen MR) is 57.9 cm³/mol. The average Bonchev–Trinajstić information content (AvgIpc) is 2.01. The number of amides is 1. The van der Waals surface area contributed by atoms with Crippen LogP contribution in [0.4, 0.5) is 0 Å². The quantitative estimate of drug-likeness (QED) is 0.637. The molecule has 1 rings (SSSR count). The van der Waals surface area contributed by atoms with Crippen molar-refractivity contribution in [1.82, 2.24) is 4.90 Å². The van der Waals surface area contributed by atoms with Gasteiger partial charge in [0.1, 0.15) is 0 Å². The highest BCUT2D eigenvalue weighted by atomic mass is 32.2. The number of carbonyl (C=O) groups is 1. The Morgan fingerprint density at radius 3 is 2.54 bits per heavy atom. The van der Waals surface area contributed by atoms with Crippen molar-refractivity contribution in [3.63, 3.8) is 0 Å². The molecule has 0 bridgehead atoms. The highest BCUT2D eigenvalue weighted by Crippen LogP contribution is 2.38. The Labute approximate surface area is 85.1 Å². The van der Waals surface area contributed by atoms with Crippen LogP contribution in [0.3, 0.4) is 0 Å². The van der Waals surface area contributed by atoms with Crippen molar-refractivity contribution in [2.24, 2.45) is 5.92 Å². The fraction of sp³-hybridized carbons (Fsp3) is 0.900. The molecule has 0 aromatic carbocycles. The highest BCUT2D eigenvalue weighted by Gasteiger charge is 2.39. The molecule has 0 spiro atoms. The Kier molecular flexibility index (Phi) is 3.28. The lowest BCUT2D eigenvalue weighted by Crippen LogP contribution is -2.54. The standard InChI is InChI=1S/C10H19NOS/c1-8(2)9-10(3,4)13-6-5-11(9)7-12/h7-9H,5-6H2,1-4H3. The summed E-state index contributed by atoms with van der Waals surface area (Å²) in [5.41, 5.74) is 0. The van der Waals surface area contributed by atoms with Crippen LogP contribution in [0.2, 0.25) is 0 Å². The summed E-state index contributed by atoms with van der Waals surface area (Å²) < 4.78 is 0.202. The number of carbonyl (C=O) groups excluding carboxylic acids is 1. The van der Waals surface area contributed by atoms with E-state index in [1.807, 2.05) is 16.7 Å². The average molecular weight is 201 g/mol. The Morgan fingerprint density at radius 1 is 1.54 bits per heavy atom. The van der Waals surface area contributed by atoms with Gasteiger partial charge in [-0.1, -0.05) is 13.8 Å². The molecular weight excluding hydrogens is 182 g/mol. The molecule has 1 aliphatic heterocycles. The first-order valence-electron chi connectivity index (χ1n) is 4.84. The first-order chi connectivity index (χ1) is 5.99. The van der Waals surface area contributed by atoms with Gasteiger partial charge in [0.05, 0.1) is 0 Å². The Balaban J connectivity index is 2.83. The topological polar surface area (TPSA) is 20.3 Å². The van der Waals surface area contributed by atoms with Crippen molar-refractivity contribution in [2.45, 2.75) is 38.5 Å². The van der Waals surface area contributed by atoms with Gasteiger partial charge in [-0.3, -0.25) is 4.79 Å². The van der Waals surface area contributed by atoms with Gasteiger partial charge < -0.3 is 4.90 Å². The van der Waals surface area contributed by atoms with Crippen molar-refractivity contribution in [3.8, 4) is 0 Å². The maximum Gasteiger partial charge on any atom is 0.210 e. The Hall–Kier alpha value is -0.180. The summed E-state index contributed by atoms with van der Waals surface area (Å²) in [6.45, 7) is 9.75. The van der Waals surface area contributed by atoms with Crippen molar-refractivity contribution in [3.05, 3.63) is 0 Å². The second-order valence-electron chi connectivity index (χ2n) is 4.48. The van der Waals surface area contributed by atoms with Gasteiger partial charge in [0.25, 0.3) is 0 Å². The van der Waals surface area contributed by atoms with E-state index in [2.05, 4.69) is 27.7 Å². The molecule has 76 valence electrons. The van der Waals surface area contributed by atoms with Crippen LogP contribution in [0.1, 0.15) is 27.7 Å². The van der Waals surface area contributed by atoms with Crippen molar-refractivity contribution in [1.29, 1.82) is 0 Å². The predicted octanol–water partition coefficient (Wildman–Crippen LogP) is 1.99. The number of nitrogens with zero attached hydrogens (tertiary/aromatic N) is 1. The van der Waals surface area contributed by atoms with Crippen molar-refractivity contribution >= 4 is 18.2 Å². The summed E-state index contributed by atoms with van der Waals surface area (Å²) in [7, 11) is 0. The summed E-state index contributed by atoms with van der Waals surface area (Å²) in [4.78, 5) is 12.8. The minimum Gasteiger partial charge on any atom is -0.340 e. The molecule has 3 heteroatoms. The lowest BCUT2D eigenvalue weighted by molar-refractivity contribution is -0.121. The van der Waals surface area contributed by atoms with Gasteiger partial charge in [-0.25, -0.2) is 0 Å². The van der Waals surface area contributed by atoms with Crippen LogP contribution >= 0.6 is 11.8 Å². The fourth-order valence-corrected chi connectivity index (χ4v) is 3.75. The second kappa shape index (κ2) is 3.91. The van der Waals surface area contributed by atoms with Crippen molar-refractivity contribution < 1.29 is 4.79 Å². The highest BCUT2D eigenvalue weighted by molar-refractivity contribution is 8.00. The molecule has 1 heterocycles. The van der Waals surface area contributed by atoms with Crippen LogP contribution in [0.15, 0.2) is 0 Å². The Morgan fingerprint density at radius 2 is 2.15 bits per heavy atom. The van der Waals surface area contributed by atoms with E-state index in [0.29, 0.717) is 12.0 Å². The van der Waals surface area contributed by atoms with Crippen LogP contribution in [0, 0.1) is 5.92 Å². The lowest BCUT2D eigenvalue weighted by Gasteiger charge is -2.46. The van der Waals surface area contributed by atoms with E-state index in [9.17, 15) is 4.79 Å². The van der Waals surface area contributed by atoms with Gasteiger partial charge in [0, 0.05) is 23.1 Å². The summed E-state index contributed by atoms with van der Waals surface area (Å²) in [6, 6.07) is 0.378. The van der Waals surface area contributed by atoms with Crippen LogP contribution in [0.5, 0.6) is 0 Å². The number of thioether (sulfide) groups is 1. The van der Waals surface area contributed by atoms with E-state index in [0.717, 1.165) is 18.7 Å². The SMILES string of the molecule is CC(C)C1N(C=O)CCSC1(C)C. The number of hydrogen-bond acceptors (Lipinski definition) is 2. The van der Waals surface area contributed by atoms with Crippen molar-refractivity contribution in [2.75, 3.05) is 12.3 Å². The largest absolute Gasteiger partial charge is 0.340 e. The summed E-state index contributed by atoms with van der Waals surface area (Å²) in [5.74, 6) is 1.60. The third-order valence-corrected chi connectivity index (χ3v) is 4.03. The number of hydrogen-bond donors (Lipinski definition) is 0. The van der Waals surface area contributed by atoms with Gasteiger partial charge in [-0.05, 0) is 19.8 Å². The molecular formula is C10H19NOS. The molecule has 13 heavy (non-hydrogen) atoms. The molecule has 1 unspecified atom stereocenters. The molecule has 0 N–H and O–H groups in total. The summed E-state index contributed by atoms with van der Waals surface area (Å²) in [6.07, 6.45) is 1.01. The minimum atomic E-state index is 0.202. The zero-order valence-corrected chi connectivity index (χ0v) is 9.73. The van der Waals surface area contributed by atoms with E-state index < -0.39 is 0 Å². The zero-order chi connectivity index (χ0) is 10.1. The normalized spacial score (nSPS) is 27.8. The van der Waals surface area contributed by atoms with E-state index in [1.54, 1.807) is 0 Å². The molecule has 1 saturated heterocycles. The Bertz CT molecular complexity index is 191. The van der Waals surface area contributed by atoms with Gasteiger partial charge in [-0.2, -0.15) is 11.8 Å². The van der Waals surface area contributed by atoms with Crippen LogP contribution in [-0.2, 0) is 4.79 Å². The van der Waals surface area contributed by atoms with E-state index in [4.69, 9.17) is 0 Å². The first-order valence-corrected chi connectivity index (χ1v) is 5.82. The van der Waals surface area contributed by atoms with Gasteiger partial charge in [0.15, 0.2) is 0 Å². The monoisotopic (exact) mass is 201 g/mol. The maximum atomic E-state index is 10.9. The number of rotatable bonds is 2. The molecule has 0 aromatic heterocycles. The van der Waals surface area contributed by atoms with E-state index in [1.165, 1.54) is 0 Å². The lowest BCUT2D eigenvalue weighted by atomic mass is 9.91. The maximum absolute atomic E-state index is 10.9. The molecule has 0 aliphatic carbocycles. The summed E-state index contributed by atoms with van der Waals surface area (Å²) >= 11 is 1.98. The van der Waals surface area contributed by atoms with E-state index >= 15 is 0 Å². The minimum absolute atomic E-state index is 0.202. The molecule has 1 amide bonds. The summed E-state index contributed by atoms with van der Waals surface area (Å²) in [5, 5.41) is 0. The molecule has 0 aromatic rings. The third-order valence-electron chi connectivity index (χ3n) is 2.66. The molecule has 0 radical (unpaired) electrons. The smallest absolute Gasteiger partial charge is 0.210 e. The first kappa shape index (κ1) is 10.9. The van der Waals surface area contributed by atoms with Crippen LogP contribution in [-0.4, -0.2) is 34.4 Å². The fourth-order valence-electron chi connectivity index (χ4n) is 2.34. The molecule has 0 saturated carbocycles. The van der Waals surface area contributed by atoms with Crippen LogP contribution < -0.4 is 0 Å². The van der Waals surface area contributed by atoms with Crippen LogP contribution in [0.25, 0.3) is 0 Å². The molecule has 1 fully saturated rings. The van der Waals surface area contributed by atoms with Gasteiger partial charge in [-0.15, -0.1) is 0 Å². The van der Waals surface area contributed by atoms with Gasteiger partial charge >= 0.3 is 0 Å². The molecule has 1 aliphatic rings. The molecule has 1 atom stereocenters. The zero-order valence-electron chi connectivity index (χ0n) is 8.91. The second-order valence-corrected chi connectivity index (χ2v) is 6.23. The van der Waals surface area contributed by atoms with Gasteiger partial charge in [0.2, 0.25) is 6.41 Å². The molecule has 2 nitrogen and oxygen atoms in total.